The number of alkyl halides is 3. The molecule has 2 N–H and O–H groups in total. The molecule has 0 aliphatic heterocycles. The average molecular weight is 229 g/mol. The van der Waals surface area contributed by atoms with Gasteiger partial charge in [-0.05, 0) is 30.0 Å². The van der Waals surface area contributed by atoms with Gasteiger partial charge in [0.05, 0.1) is 11.3 Å². The first-order valence-corrected chi connectivity index (χ1v) is 3.81. The van der Waals surface area contributed by atoms with Crippen molar-refractivity contribution in [3.8, 4) is 0 Å². The molecule has 7 heteroatoms. The molecule has 0 bridgehead atoms. The van der Waals surface area contributed by atoms with E-state index in [1.54, 1.807) is 0 Å². The Morgan fingerprint density at radius 1 is 1.21 bits per heavy atom. The number of halogens is 5. The van der Waals surface area contributed by atoms with Gasteiger partial charge in [0.15, 0.2) is 0 Å². The van der Waals surface area contributed by atoms with Gasteiger partial charge in [0.1, 0.15) is 5.82 Å². The molecule has 14 heavy (non-hydrogen) atoms. The molecule has 0 aliphatic rings. The SMILES string of the molecule is Fc1ccc(NNCl)cc1C(F)(F)F. The zero-order chi connectivity index (χ0) is 10.8. The molecule has 0 amide bonds. The molecule has 0 unspecified atom stereocenters. The van der Waals surface area contributed by atoms with Crippen molar-refractivity contribution < 1.29 is 17.6 Å². The Labute approximate surface area is 81.9 Å². The summed E-state index contributed by atoms with van der Waals surface area (Å²) in [6.07, 6.45) is -4.71. The quantitative estimate of drug-likeness (QED) is 0.462. The Balaban J connectivity index is 3.09. The molecule has 0 spiro atoms. The summed E-state index contributed by atoms with van der Waals surface area (Å²) in [5.41, 5.74) is 0.879. The fourth-order valence-corrected chi connectivity index (χ4v) is 0.984. The third-order valence-electron chi connectivity index (χ3n) is 1.46. The molecule has 2 nitrogen and oxygen atoms in total. The van der Waals surface area contributed by atoms with Gasteiger partial charge < -0.3 is 5.43 Å². The van der Waals surface area contributed by atoms with E-state index in [0.717, 1.165) is 6.07 Å². The Bertz CT molecular complexity index is 326. The van der Waals surface area contributed by atoms with E-state index in [9.17, 15) is 17.6 Å². The van der Waals surface area contributed by atoms with Crippen LogP contribution < -0.4 is 10.4 Å². The standard InChI is InChI=1S/C7H5ClF4N2/c8-14-13-4-1-2-6(9)5(3-4)7(10,11)12/h1-3,13-14H. The highest BCUT2D eigenvalue weighted by Gasteiger charge is 2.34. The highest BCUT2D eigenvalue weighted by Crippen LogP contribution is 2.32. The fourth-order valence-electron chi connectivity index (χ4n) is 0.875. The van der Waals surface area contributed by atoms with Gasteiger partial charge in [-0.15, -0.1) is 4.94 Å². The van der Waals surface area contributed by atoms with Gasteiger partial charge >= 0.3 is 6.18 Å². The van der Waals surface area contributed by atoms with E-state index in [1.165, 1.54) is 0 Å². The highest BCUT2D eigenvalue weighted by molar-refractivity contribution is 6.13. The number of benzene rings is 1. The van der Waals surface area contributed by atoms with Gasteiger partial charge in [-0.2, -0.15) is 13.2 Å². The van der Waals surface area contributed by atoms with E-state index in [4.69, 9.17) is 11.8 Å². The Hall–Kier alpha value is -1.01. The summed E-state index contributed by atoms with van der Waals surface area (Å²) in [5.74, 6) is -1.32. The number of hydrogen-bond donors (Lipinski definition) is 2. The van der Waals surface area contributed by atoms with Crippen LogP contribution >= 0.6 is 11.8 Å². The van der Waals surface area contributed by atoms with Gasteiger partial charge in [-0.1, -0.05) is 0 Å². The fraction of sp³-hybridized carbons (Fsp3) is 0.143. The minimum atomic E-state index is -4.71. The first kappa shape index (κ1) is 11.1. The Kier molecular flexibility index (Phi) is 3.17. The third kappa shape index (κ3) is 2.49. The molecule has 0 heterocycles. The van der Waals surface area contributed by atoms with E-state index >= 15 is 0 Å². The Morgan fingerprint density at radius 2 is 1.86 bits per heavy atom. The number of rotatable bonds is 2. The van der Waals surface area contributed by atoms with Crippen molar-refractivity contribution in [3.63, 3.8) is 0 Å². The lowest BCUT2D eigenvalue weighted by Crippen LogP contribution is -2.12. The topological polar surface area (TPSA) is 24.1 Å². The first-order chi connectivity index (χ1) is 6.45. The normalized spacial score (nSPS) is 11.5. The molecule has 0 aromatic heterocycles. The monoisotopic (exact) mass is 228 g/mol. The summed E-state index contributed by atoms with van der Waals surface area (Å²) in [6.45, 7) is 0. The highest BCUT2D eigenvalue weighted by atomic mass is 35.5. The van der Waals surface area contributed by atoms with Crippen molar-refractivity contribution in [2.45, 2.75) is 6.18 Å². The van der Waals surface area contributed by atoms with Gasteiger partial charge in [0, 0.05) is 0 Å². The van der Waals surface area contributed by atoms with Crippen molar-refractivity contribution in [1.82, 2.24) is 4.94 Å². The summed E-state index contributed by atoms with van der Waals surface area (Å²) >= 11 is 5.01. The Morgan fingerprint density at radius 3 is 2.36 bits per heavy atom. The van der Waals surface area contributed by atoms with Crippen LogP contribution in [0.3, 0.4) is 0 Å². The van der Waals surface area contributed by atoms with Crippen molar-refractivity contribution in [2.75, 3.05) is 5.43 Å². The predicted octanol–water partition coefficient (Wildman–Crippen LogP) is 2.91. The number of anilines is 1. The molecular formula is C7H5ClF4N2. The van der Waals surface area contributed by atoms with Crippen LogP contribution in [0.15, 0.2) is 18.2 Å². The second kappa shape index (κ2) is 4.02. The molecule has 0 radical (unpaired) electrons. The van der Waals surface area contributed by atoms with Gasteiger partial charge in [-0.3, -0.25) is 0 Å². The van der Waals surface area contributed by atoms with Gasteiger partial charge in [0.2, 0.25) is 0 Å². The zero-order valence-electron chi connectivity index (χ0n) is 6.62. The van der Waals surface area contributed by atoms with Crippen LogP contribution in [0.1, 0.15) is 5.56 Å². The maximum absolute atomic E-state index is 12.7. The minimum Gasteiger partial charge on any atom is -0.308 e. The summed E-state index contributed by atoms with van der Waals surface area (Å²) in [4.78, 5) is 1.91. The summed E-state index contributed by atoms with van der Waals surface area (Å²) in [6, 6.07) is 2.45. The molecule has 1 aromatic carbocycles. The molecule has 0 saturated carbocycles. The van der Waals surface area contributed by atoms with Gasteiger partial charge in [0.25, 0.3) is 0 Å². The largest absolute Gasteiger partial charge is 0.419 e. The molecule has 1 aromatic rings. The molecule has 0 aliphatic carbocycles. The smallest absolute Gasteiger partial charge is 0.308 e. The van der Waals surface area contributed by atoms with Crippen LogP contribution in [0, 0.1) is 5.82 Å². The summed E-state index contributed by atoms with van der Waals surface area (Å²) < 4.78 is 49.1. The second-order valence-electron chi connectivity index (χ2n) is 2.41. The van der Waals surface area contributed by atoms with Crippen LogP contribution in [0.2, 0.25) is 0 Å². The van der Waals surface area contributed by atoms with Crippen molar-refractivity contribution in [3.05, 3.63) is 29.6 Å². The third-order valence-corrected chi connectivity index (χ3v) is 1.56. The van der Waals surface area contributed by atoms with E-state index in [2.05, 4.69) is 5.43 Å². The molecule has 1 rings (SSSR count). The van der Waals surface area contributed by atoms with Crippen molar-refractivity contribution in [1.29, 1.82) is 0 Å². The van der Waals surface area contributed by atoms with Crippen LogP contribution in [-0.2, 0) is 6.18 Å². The first-order valence-electron chi connectivity index (χ1n) is 3.43. The minimum absolute atomic E-state index is 0.0220. The lowest BCUT2D eigenvalue weighted by molar-refractivity contribution is -0.139. The lowest BCUT2D eigenvalue weighted by Gasteiger charge is -2.10. The van der Waals surface area contributed by atoms with Crippen LogP contribution in [0.4, 0.5) is 23.2 Å². The van der Waals surface area contributed by atoms with E-state index in [-0.39, 0.29) is 5.69 Å². The average Bonchev–Trinajstić information content (AvgIpc) is 2.07. The number of nitrogens with one attached hydrogen (secondary N) is 2. The van der Waals surface area contributed by atoms with Crippen molar-refractivity contribution >= 4 is 17.5 Å². The van der Waals surface area contributed by atoms with E-state index < -0.39 is 17.6 Å². The molecule has 0 fully saturated rings. The zero-order valence-corrected chi connectivity index (χ0v) is 7.38. The molecule has 0 atom stereocenters. The maximum Gasteiger partial charge on any atom is 0.419 e. The van der Waals surface area contributed by atoms with E-state index in [1.807, 2.05) is 4.94 Å². The summed E-state index contributed by atoms with van der Waals surface area (Å²) in [7, 11) is 0. The van der Waals surface area contributed by atoms with Crippen LogP contribution in [-0.4, -0.2) is 0 Å². The molecule has 0 saturated heterocycles. The number of hydrazine groups is 1. The van der Waals surface area contributed by atoms with Crippen LogP contribution in [0.25, 0.3) is 0 Å². The second-order valence-corrected chi connectivity index (χ2v) is 2.60. The van der Waals surface area contributed by atoms with E-state index in [0.29, 0.717) is 12.1 Å². The van der Waals surface area contributed by atoms with Crippen molar-refractivity contribution in [2.24, 2.45) is 0 Å². The summed E-state index contributed by atoms with van der Waals surface area (Å²) in [5, 5.41) is 0. The lowest BCUT2D eigenvalue weighted by atomic mass is 10.2. The molecular weight excluding hydrogens is 224 g/mol. The molecule has 78 valence electrons. The maximum atomic E-state index is 12.7. The van der Waals surface area contributed by atoms with Gasteiger partial charge in [-0.25, -0.2) is 4.39 Å². The number of hydrogen-bond acceptors (Lipinski definition) is 2. The predicted molar refractivity (Wildman–Crippen MR) is 44.0 cm³/mol. The van der Waals surface area contributed by atoms with Crippen LogP contribution in [0.5, 0.6) is 0 Å².